The lowest BCUT2D eigenvalue weighted by molar-refractivity contribution is 0.0928. The summed E-state index contributed by atoms with van der Waals surface area (Å²) in [7, 11) is 2.10. The molecule has 1 aliphatic rings. The summed E-state index contributed by atoms with van der Waals surface area (Å²) < 4.78 is 13.7. The Morgan fingerprint density at radius 1 is 1.44 bits per heavy atom. The molecule has 1 heterocycles. The zero-order valence-corrected chi connectivity index (χ0v) is 10.9. The summed E-state index contributed by atoms with van der Waals surface area (Å²) in [5.74, 6) is -0.222. The Labute approximate surface area is 107 Å². The average molecular weight is 247 g/mol. The molecule has 0 saturated carbocycles. The van der Waals surface area contributed by atoms with Crippen LogP contribution >= 0.6 is 0 Å². The van der Waals surface area contributed by atoms with Gasteiger partial charge in [0.25, 0.3) is 0 Å². The van der Waals surface area contributed by atoms with E-state index in [1.54, 1.807) is 6.07 Å². The van der Waals surface area contributed by atoms with Crippen molar-refractivity contribution in [3.8, 4) is 6.07 Å². The predicted octanol–water partition coefficient (Wildman–Crippen LogP) is 1.83. The minimum absolute atomic E-state index is 0.222. The van der Waals surface area contributed by atoms with Crippen molar-refractivity contribution in [3.05, 3.63) is 35.1 Å². The monoisotopic (exact) mass is 247 g/mol. The van der Waals surface area contributed by atoms with Gasteiger partial charge in [-0.3, -0.25) is 4.90 Å². The minimum atomic E-state index is -0.222. The molecular formula is C14H18FN3. The van der Waals surface area contributed by atoms with Gasteiger partial charge in [-0.2, -0.15) is 5.26 Å². The fourth-order valence-electron chi connectivity index (χ4n) is 2.40. The molecule has 0 aromatic heterocycles. The highest BCUT2D eigenvalue weighted by atomic mass is 19.1. The van der Waals surface area contributed by atoms with Gasteiger partial charge in [0.15, 0.2) is 0 Å². The van der Waals surface area contributed by atoms with E-state index < -0.39 is 0 Å². The number of rotatable bonds is 2. The molecule has 0 amide bonds. The second kappa shape index (κ2) is 5.47. The Kier molecular flexibility index (Phi) is 3.95. The SMILES string of the molecule is CC1CN(C)CCN1Cc1cc(C#N)ccc1F. The third-order valence-corrected chi connectivity index (χ3v) is 3.52. The second-order valence-electron chi connectivity index (χ2n) is 5.00. The van der Waals surface area contributed by atoms with Crippen LogP contribution in [-0.2, 0) is 6.54 Å². The van der Waals surface area contributed by atoms with Gasteiger partial charge in [0.05, 0.1) is 11.6 Å². The third-order valence-electron chi connectivity index (χ3n) is 3.52. The zero-order chi connectivity index (χ0) is 13.1. The number of nitrogens with zero attached hydrogens (tertiary/aromatic N) is 3. The molecule has 18 heavy (non-hydrogen) atoms. The molecule has 0 aliphatic carbocycles. The van der Waals surface area contributed by atoms with Crippen LogP contribution in [0.25, 0.3) is 0 Å². The van der Waals surface area contributed by atoms with E-state index in [2.05, 4.69) is 29.8 Å². The van der Waals surface area contributed by atoms with Crippen molar-refractivity contribution in [2.24, 2.45) is 0 Å². The molecule has 1 aromatic rings. The van der Waals surface area contributed by atoms with Gasteiger partial charge in [-0.15, -0.1) is 0 Å². The maximum atomic E-state index is 13.7. The zero-order valence-electron chi connectivity index (χ0n) is 10.9. The molecule has 4 heteroatoms. The van der Waals surface area contributed by atoms with Crippen LogP contribution in [0.2, 0.25) is 0 Å². The number of halogens is 1. The number of benzene rings is 1. The lowest BCUT2D eigenvalue weighted by Gasteiger charge is -2.38. The van der Waals surface area contributed by atoms with E-state index in [4.69, 9.17) is 5.26 Å². The van der Waals surface area contributed by atoms with Gasteiger partial charge in [0, 0.05) is 37.8 Å². The van der Waals surface area contributed by atoms with Crippen molar-refractivity contribution in [3.63, 3.8) is 0 Å². The van der Waals surface area contributed by atoms with E-state index in [-0.39, 0.29) is 5.82 Å². The normalized spacial score (nSPS) is 21.8. The minimum Gasteiger partial charge on any atom is -0.304 e. The van der Waals surface area contributed by atoms with Gasteiger partial charge >= 0.3 is 0 Å². The van der Waals surface area contributed by atoms with Crippen molar-refractivity contribution >= 4 is 0 Å². The first kappa shape index (κ1) is 13.0. The maximum absolute atomic E-state index is 13.7. The number of likely N-dealkylation sites (N-methyl/N-ethyl adjacent to an activating group) is 1. The van der Waals surface area contributed by atoms with E-state index in [1.807, 2.05) is 0 Å². The highest BCUT2D eigenvalue weighted by molar-refractivity contribution is 5.33. The van der Waals surface area contributed by atoms with Crippen LogP contribution in [0.1, 0.15) is 18.1 Å². The molecule has 3 nitrogen and oxygen atoms in total. The number of hydrogen-bond acceptors (Lipinski definition) is 3. The average Bonchev–Trinajstić information content (AvgIpc) is 2.35. The number of hydrogen-bond donors (Lipinski definition) is 0. The highest BCUT2D eigenvalue weighted by Gasteiger charge is 2.22. The fourth-order valence-corrected chi connectivity index (χ4v) is 2.40. The van der Waals surface area contributed by atoms with Crippen molar-refractivity contribution in [1.29, 1.82) is 5.26 Å². The third kappa shape index (κ3) is 2.87. The first-order valence-electron chi connectivity index (χ1n) is 6.21. The molecule has 1 saturated heterocycles. The largest absolute Gasteiger partial charge is 0.304 e. The standard InChI is InChI=1S/C14H18FN3/c1-11-9-17(2)5-6-18(11)10-13-7-12(8-16)3-4-14(13)15/h3-4,7,11H,5-6,9-10H2,1-2H3. The molecule has 0 bridgehead atoms. The molecule has 2 rings (SSSR count). The van der Waals surface area contributed by atoms with Gasteiger partial charge < -0.3 is 4.90 Å². The van der Waals surface area contributed by atoms with Gasteiger partial charge in [-0.25, -0.2) is 4.39 Å². The van der Waals surface area contributed by atoms with Crippen molar-refractivity contribution < 1.29 is 4.39 Å². The Balaban J connectivity index is 2.12. The van der Waals surface area contributed by atoms with Crippen LogP contribution in [0.3, 0.4) is 0 Å². The van der Waals surface area contributed by atoms with Gasteiger partial charge in [0.2, 0.25) is 0 Å². The molecule has 0 N–H and O–H groups in total. The van der Waals surface area contributed by atoms with E-state index in [1.165, 1.54) is 12.1 Å². The van der Waals surface area contributed by atoms with E-state index in [0.717, 1.165) is 19.6 Å². The van der Waals surface area contributed by atoms with Gasteiger partial charge in [-0.05, 0) is 32.2 Å². The molecule has 1 fully saturated rings. The molecule has 1 atom stereocenters. The summed E-state index contributed by atoms with van der Waals surface area (Å²) in [5.41, 5.74) is 1.14. The van der Waals surface area contributed by atoms with Crippen LogP contribution in [-0.4, -0.2) is 42.5 Å². The molecule has 1 aliphatic heterocycles. The summed E-state index contributed by atoms with van der Waals surface area (Å²) in [4.78, 5) is 4.54. The first-order chi connectivity index (χ1) is 8.60. The van der Waals surface area contributed by atoms with Crippen molar-refractivity contribution in [2.75, 3.05) is 26.7 Å². The van der Waals surface area contributed by atoms with E-state index >= 15 is 0 Å². The summed E-state index contributed by atoms with van der Waals surface area (Å²) in [6.45, 7) is 5.68. The van der Waals surface area contributed by atoms with Gasteiger partial charge in [0.1, 0.15) is 5.82 Å². The summed E-state index contributed by atoms with van der Waals surface area (Å²) in [6, 6.07) is 7.02. The lowest BCUT2D eigenvalue weighted by atomic mass is 10.1. The van der Waals surface area contributed by atoms with E-state index in [9.17, 15) is 4.39 Å². The van der Waals surface area contributed by atoms with E-state index in [0.29, 0.717) is 23.7 Å². The summed E-state index contributed by atoms with van der Waals surface area (Å²) in [6.07, 6.45) is 0. The number of piperazine rings is 1. The Morgan fingerprint density at radius 3 is 2.89 bits per heavy atom. The quantitative estimate of drug-likeness (QED) is 0.798. The Bertz CT molecular complexity index is 467. The van der Waals surface area contributed by atoms with Gasteiger partial charge in [-0.1, -0.05) is 0 Å². The molecule has 1 aromatic carbocycles. The summed E-state index contributed by atoms with van der Waals surface area (Å²) >= 11 is 0. The van der Waals surface area contributed by atoms with Crippen LogP contribution < -0.4 is 0 Å². The van der Waals surface area contributed by atoms with Crippen LogP contribution in [0, 0.1) is 17.1 Å². The second-order valence-corrected chi connectivity index (χ2v) is 5.00. The Hall–Kier alpha value is -1.44. The molecule has 96 valence electrons. The molecule has 1 unspecified atom stereocenters. The van der Waals surface area contributed by atoms with Crippen LogP contribution in [0.15, 0.2) is 18.2 Å². The van der Waals surface area contributed by atoms with Crippen molar-refractivity contribution in [2.45, 2.75) is 19.5 Å². The summed E-state index contributed by atoms with van der Waals surface area (Å²) in [5, 5.41) is 8.85. The Morgan fingerprint density at radius 2 is 2.22 bits per heavy atom. The molecule has 0 spiro atoms. The number of nitriles is 1. The highest BCUT2D eigenvalue weighted by Crippen LogP contribution is 2.16. The molecular weight excluding hydrogens is 229 g/mol. The fraction of sp³-hybridized carbons (Fsp3) is 0.500. The maximum Gasteiger partial charge on any atom is 0.127 e. The smallest absolute Gasteiger partial charge is 0.127 e. The van der Waals surface area contributed by atoms with Crippen LogP contribution in [0.4, 0.5) is 4.39 Å². The topological polar surface area (TPSA) is 30.3 Å². The van der Waals surface area contributed by atoms with Crippen LogP contribution in [0.5, 0.6) is 0 Å². The predicted molar refractivity (Wildman–Crippen MR) is 68.5 cm³/mol. The lowest BCUT2D eigenvalue weighted by Crippen LogP contribution is -2.49. The molecule has 0 radical (unpaired) electrons. The first-order valence-corrected chi connectivity index (χ1v) is 6.21. The van der Waals surface area contributed by atoms with Crippen molar-refractivity contribution in [1.82, 2.24) is 9.80 Å².